The Morgan fingerprint density at radius 2 is 2.27 bits per heavy atom. The second-order valence-corrected chi connectivity index (χ2v) is 5.78. The summed E-state index contributed by atoms with van der Waals surface area (Å²) >= 11 is 7.22. The summed E-state index contributed by atoms with van der Waals surface area (Å²) in [6, 6.07) is 4.96. The number of amides is 1. The summed E-state index contributed by atoms with van der Waals surface area (Å²) in [6.07, 6.45) is 1.57. The second kappa shape index (κ2) is 5.86. The lowest BCUT2D eigenvalue weighted by atomic mass is 10.2. The zero-order chi connectivity index (χ0) is 15.7. The Bertz CT molecular complexity index is 905. The maximum absolute atomic E-state index is 12.5. The molecule has 0 atom stereocenters. The molecule has 0 saturated heterocycles. The standard InChI is InChI=1S/C14H11ClN4O2S/c1-2-19-10-4-3-8(15)7-9(10)12(20)11(18-19)13(21)17-14-16-5-6-22-14/h3-7H,2H2,1H3,(H,16,17,21). The van der Waals surface area contributed by atoms with Gasteiger partial charge in [0.1, 0.15) is 0 Å². The molecule has 1 N–H and O–H groups in total. The van der Waals surface area contributed by atoms with E-state index in [4.69, 9.17) is 11.6 Å². The smallest absolute Gasteiger partial charge is 0.281 e. The molecule has 3 rings (SSSR count). The van der Waals surface area contributed by atoms with E-state index in [1.54, 1.807) is 34.5 Å². The van der Waals surface area contributed by atoms with Crippen molar-refractivity contribution in [3.63, 3.8) is 0 Å². The number of aryl methyl sites for hydroxylation is 1. The predicted octanol–water partition coefficient (Wildman–Crippen LogP) is 2.78. The summed E-state index contributed by atoms with van der Waals surface area (Å²) in [5.74, 6) is -0.580. The Kier molecular flexibility index (Phi) is 3.91. The van der Waals surface area contributed by atoms with Gasteiger partial charge in [-0.15, -0.1) is 11.3 Å². The lowest BCUT2D eigenvalue weighted by Gasteiger charge is -2.10. The number of nitrogens with zero attached hydrogens (tertiary/aromatic N) is 3. The van der Waals surface area contributed by atoms with E-state index in [1.165, 1.54) is 11.3 Å². The van der Waals surface area contributed by atoms with Crippen LogP contribution in [-0.4, -0.2) is 20.7 Å². The number of benzene rings is 1. The fourth-order valence-electron chi connectivity index (χ4n) is 2.09. The quantitative estimate of drug-likeness (QED) is 0.799. The summed E-state index contributed by atoms with van der Waals surface area (Å²) in [5, 5.41) is 9.68. The Labute approximate surface area is 134 Å². The molecule has 0 saturated carbocycles. The van der Waals surface area contributed by atoms with Gasteiger partial charge in [-0.1, -0.05) is 11.6 Å². The number of fused-ring (bicyclic) bond motifs is 1. The molecule has 0 spiro atoms. The maximum atomic E-state index is 12.5. The van der Waals surface area contributed by atoms with Gasteiger partial charge in [0.25, 0.3) is 5.91 Å². The van der Waals surface area contributed by atoms with Crippen molar-refractivity contribution in [2.24, 2.45) is 0 Å². The van der Waals surface area contributed by atoms with Crippen molar-refractivity contribution in [2.75, 3.05) is 5.32 Å². The minimum absolute atomic E-state index is 0.174. The highest BCUT2D eigenvalue weighted by Crippen LogP contribution is 2.17. The van der Waals surface area contributed by atoms with Crippen molar-refractivity contribution in [1.29, 1.82) is 0 Å². The molecule has 0 aliphatic heterocycles. The van der Waals surface area contributed by atoms with E-state index in [0.717, 1.165) is 0 Å². The van der Waals surface area contributed by atoms with E-state index in [9.17, 15) is 9.59 Å². The number of nitrogens with one attached hydrogen (secondary N) is 1. The number of thiazole rings is 1. The number of carbonyl (C=O) groups excluding carboxylic acids is 1. The highest BCUT2D eigenvalue weighted by Gasteiger charge is 2.18. The van der Waals surface area contributed by atoms with Crippen LogP contribution in [0.2, 0.25) is 5.02 Å². The third-order valence-corrected chi connectivity index (χ3v) is 4.01. The van der Waals surface area contributed by atoms with Gasteiger partial charge in [-0.05, 0) is 25.1 Å². The number of carbonyl (C=O) groups is 1. The summed E-state index contributed by atoms with van der Waals surface area (Å²) in [5.41, 5.74) is 0.0192. The van der Waals surface area contributed by atoms with E-state index in [-0.39, 0.29) is 5.69 Å². The van der Waals surface area contributed by atoms with Crippen LogP contribution < -0.4 is 10.7 Å². The van der Waals surface area contributed by atoms with Gasteiger partial charge in [0, 0.05) is 23.1 Å². The summed E-state index contributed by atoms with van der Waals surface area (Å²) in [7, 11) is 0. The predicted molar refractivity (Wildman–Crippen MR) is 86.8 cm³/mol. The summed E-state index contributed by atoms with van der Waals surface area (Å²) < 4.78 is 1.60. The van der Waals surface area contributed by atoms with Crippen LogP contribution in [0.25, 0.3) is 10.9 Å². The molecule has 2 aromatic heterocycles. The van der Waals surface area contributed by atoms with E-state index >= 15 is 0 Å². The van der Waals surface area contributed by atoms with Crippen LogP contribution in [0.5, 0.6) is 0 Å². The van der Waals surface area contributed by atoms with Crippen molar-refractivity contribution in [2.45, 2.75) is 13.5 Å². The Morgan fingerprint density at radius 3 is 2.95 bits per heavy atom. The van der Waals surface area contributed by atoms with Crippen LogP contribution in [0.1, 0.15) is 17.4 Å². The van der Waals surface area contributed by atoms with E-state index in [2.05, 4.69) is 15.4 Å². The van der Waals surface area contributed by atoms with Crippen molar-refractivity contribution in [1.82, 2.24) is 14.8 Å². The molecule has 112 valence electrons. The molecule has 0 bridgehead atoms. The normalized spacial score (nSPS) is 10.8. The van der Waals surface area contributed by atoms with Gasteiger partial charge in [-0.2, -0.15) is 5.10 Å². The molecular formula is C14H11ClN4O2S. The zero-order valence-electron chi connectivity index (χ0n) is 11.5. The van der Waals surface area contributed by atoms with Crippen molar-refractivity contribution in [3.8, 4) is 0 Å². The van der Waals surface area contributed by atoms with Crippen LogP contribution in [0, 0.1) is 0 Å². The molecule has 0 fully saturated rings. The third-order valence-electron chi connectivity index (χ3n) is 3.08. The molecule has 1 aromatic carbocycles. The highest BCUT2D eigenvalue weighted by molar-refractivity contribution is 7.13. The Hall–Kier alpha value is -2.25. The first-order chi connectivity index (χ1) is 10.6. The van der Waals surface area contributed by atoms with Crippen molar-refractivity contribution < 1.29 is 4.79 Å². The van der Waals surface area contributed by atoms with E-state index in [1.807, 2.05) is 6.92 Å². The first-order valence-corrected chi connectivity index (χ1v) is 7.77. The lowest BCUT2D eigenvalue weighted by molar-refractivity contribution is 0.101. The first-order valence-electron chi connectivity index (χ1n) is 6.51. The molecule has 3 aromatic rings. The number of hydrogen-bond acceptors (Lipinski definition) is 5. The maximum Gasteiger partial charge on any atom is 0.281 e. The number of aromatic nitrogens is 3. The topological polar surface area (TPSA) is 76.9 Å². The molecule has 0 unspecified atom stereocenters. The molecule has 8 heteroatoms. The minimum atomic E-state index is -0.580. The van der Waals surface area contributed by atoms with Crippen molar-refractivity contribution >= 4 is 44.9 Å². The van der Waals surface area contributed by atoms with Crippen LogP contribution in [0.4, 0.5) is 5.13 Å². The van der Waals surface area contributed by atoms with E-state index < -0.39 is 11.3 Å². The average Bonchev–Trinajstić information content (AvgIpc) is 3.01. The summed E-state index contributed by atoms with van der Waals surface area (Å²) in [6.45, 7) is 2.41. The number of anilines is 1. The minimum Gasteiger partial charge on any atom is -0.296 e. The fourth-order valence-corrected chi connectivity index (χ4v) is 2.79. The molecule has 0 aliphatic carbocycles. The van der Waals surface area contributed by atoms with Gasteiger partial charge in [-0.3, -0.25) is 19.6 Å². The first kappa shape index (κ1) is 14.7. The molecule has 1 amide bonds. The number of halogens is 1. The van der Waals surface area contributed by atoms with Gasteiger partial charge in [0.2, 0.25) is 5.43 Å². The van der Waals surface area contributed by atoms with Gasteiger partial charge in [0.15, 0.2) is 10.8 Å². The van der Waals surface area contributed by atoms with Crippen LogP contribution in [-0.2, 0) is 6.54 Å². The number of hydrogen-bond donors (Lipinski definition) is 1. The molecule has 0 aliphatic rings. The van der Waals surface area contributed by atoms with Gasteiger partial charge >= 0.3 is 0 Å². The molecule has 0 radical (unpaired) electrons. The van der Waals surface area contributed by atoms with E-state index in [0.29, 0.717) is 27.6 Å². The molecule has 2 heterocycles. The van der Waals surface area contributed by atoms with Crippen LogP contribution >= 0.6 is 22.9 Å². The average molecular weight is 335 g/mol. The lowest BCUT2D eigenvalue weighted by Crippen LogP contribution is -2.27. The Balaban J connectivity index is 2.15. The SMILES string of the molecule is CCn1nc(C(=O)Nc2nccs2)c(=O)c2cc(Cl)ccc21. The van der Waals surface area contributed by atoms with Gasteiger partial charge in [-0.25, -0.2) is 4.98 Å². The second-order valence-electron chi connectivity index (χ2n) is 4.45. The van der Waals surface area contributed by atoms with Crippen molar-refractivity contribution in [3.05, 3.63) is 50.7 Å². The van der Waals surface area contributed by atoms with Gasteiger partial charge in [0.05, 0.1) is 10.9 Å². The monoisotopic (exact) mass is 334 g/mol. The number of rotatable bonds is 3. The van der Waals surface area contributed by atoms with Crippen LogP contribution in [0.3, 0.4) is 0 Å². The van der Waals surface area contributed by atoms with Gasteiger partial charge < -0.3 is 0 Å². The van der Waals surface area contributed by atoms with Crippen LogP contribution in [0.15, 0.2) is 34.6 Å². The fraction of sp³-hybridized carbons (Fsp3) is 0.143. The summed E-state index contributed by atoms with van der Waals surface area (Å²) in [4.78, 5) is 28.7. The molecule has 22 heavy (non-hydrogen) atoms. The Morgan fingerprint density at radius 1 is 1.45 bits per heavy atom. The third kappa shape index (κ3) is 2.60. The highest BCUT2D eigenvalue weighted by atomic mass is 35.5. The molecular weight excluding hydrogens is 324 g/mol. The molecule has 6 nitrogen and oxygen atoms in total. The largest absolute Gasteiger partial charge is 0.296 e. The zero-order valence-corrected chi connectivity index (χ0v) is 13.1.